The summed E-state index contributed by atoms with van der Waals surface area (Å²) in [5.41, 5.74) is 0.819. The van der Waals surface area contributed by atoms with Crippen LogP contribution in [0, 0.1) is 0 Å². The van der Waals surface area contributed by atoms with Gasteiger partial charge in [0.2, 0.25) is 0 Å². The molecule has 1 N–H and O–H groups in total. The zero-order chi connectivity index (χ0) is 11.0. The van der Waals surface area contributed by atoms with E-state index >= 15 is 0 Å². The van der Waals surface area contributed by atoms with E-state index in [0.29, 0.717) is 6.04 Å². The highest BCUT2D eigenvalue weighted by atomic mass is 15.0. The van der Waals surface area contributed by atoms with E-state index in [0.717, 1.165) is 24.4 Å². The average molecular weight is 195 g/mol. The zero-order valence-corrected chi connectivity index (χ0v) is 9.67. The Balaban J connectivity index is 4.51. The van der Waals surface area contributed by atoms with E-state index in [1.807, 2.05) is 0 Å². The summed E-state index contributed by atoms with van der Waals surface area (Å²) in [6.45, 7) is 8.02. The van der Waals surface area contributed by atoms with Gasteiger partial charge in [-0.15, -0.1) is 0 Å². The lowest BCUT2D eigenvalue weighted by molar-refractivity contribution is 0.572. The molecule has 0 unspecified atom stereocenters. The molecule has 0 aromatic carbocycles. The Labute approximate surface area is 87.0 Å². The van der Waals surface area contributed by atoms with E-state index in [1.54, 1.807) is 20.2 Å². The van der Waals surface area contributed by atoms with Crippen LogP contribution in [0.25, 0.3) is 0 Å². The first-order chi connectivity index (χ1) is 6.73. The molecule has 0 saturated heterocycles. The van der Waals surface area contributed by atoms with Crippen LogP contribution in [0.3, 0.4) is 0 Å². The third-order valence-corrected chi connectivity index (χ3v) is 2.23. The average Bonchev–Trinajstić information content (AvgIpc) is 2.24. The largest absolute Gasteiger partial charge is 0.366 e. The summed E-state index contributed by atoms with van der Waals surface area (Å²) in [7, 11) is 3.51. The molecule has 0 aliphatic heterocycles. The fourth-order valence-corrected chi connectivity index (χ4v) is 1.23. The van der Waals surface area contributed by atoms with Crippen LogP contribution < -0.4 is 5.32 Å². The second-order valence-electron chi connectivity index (χ2n) is 3.04. The summed E-state index contributed by atoms with van der Waals surface area (Å²) in [6.07, 6.45) is 3.89. The summed E-state index contributed by atoms with van der Waals surface area (Å²) in [4.78, 5) is 8.27. The van der Waals surface area contributed by atoms with Crippen molar-refractivity contribution in [2.24, 2.45) is 9.98 Å². The molecule has 3 nitrogen and oxygen atoms in total. The molecule has 0 radical (unpaired) electrons. The fourth-order valence-electron chi connectivity index (χ4n) is 1.23. The lowest BCUT2D eigenvalue weighted by Gasteiger charge is -2.17. The molecule has 80 valence electrons. The molecule has 0 fully saturated rings. The van der Waals surface area contributed by atoms with Gasteiger partial charge in [0.1, 0.15) is 5.84 Å². The van der Waals surface area contributed by atoms with Gasteiger partial charge in [-0.25, -0.2) is 0 Å². The molecule has 0 rings (SSSR count). The summed E-state index contributed by atoms with van der Waals surface area (Å²) < 4.78 is 0. The highest BCUT2D eigenvalue weighted by Crippen LogP contribution is 1.97. The predicted molar refractivity (Wildman–Crippen MR) is 64.4 cm³/mol. The lowest BCUT2D eigenvalue weighted by atomic mass is 10.1. The smallest absolute Gasteiger partial charge is 0.146 e. The Morgan fingerprint density at radius 3 is 2.14 bits per heavy atom. The molecule has 0 aliphatic carbocycles. The number of rotatable bonds is 5. The van der Waals surface area contributed by atoms with Crippen LogP contribution in [0.15, 0.2) is 22.6 Å². The zero-order valence-electron chi connectivity index (χ0n) is 9.67. The van der Waals surface area contributed by atoms with E-state index in [-0.39, 0.29) is 0 Å². The normalized spacial score (nSPS) is 13.2. The van der Waals surface area contributed by atoms with Crippen LogP contribution >= 0.6 is 0 Å². The third-order valence-electron chi connectivity index (χ3n) is 2.23. The molecule has 0 saturated carbocycles. The van der Waals surface area contributed by atoms with Crippen molar-refractivity contribution < 1.29 is 0 Å². The molecule has 0 heterocycles. The van der Waals surface area contributed by atoms with Crippen LogP contribution in [0.1, 0.15) is 26.7 Å². The van der Waals surface area contributed by atoms with Gasteiger partial charge in [-0.2, -0.15) is 0 Å². The van der Waals surface area contributed by atoms with Crippen molar-refractivity contribution in [1.29, 1.82) is 0 Å². The molecule has 14 heavy (non-hydrogen) atoms. The first kappa shape index (κ1) is 12.9. The fraction of sp³-hybridized carbons (Fsp3) is 0.636. The second-order valence-corrected chi connectivity index (χ2v) is 3.04. The Hall–Kier alpha value is -1.12. The van der Waals surface area contributed by atoms with Crippen molar-refractivity contribution >= 4 is 11.5 Å². The Kier molecular flexibility index (Phi) is 6.72. The third kappa shape index (κ3) is 3.73. The molecular weight excluding hydrogens is 174 g/mol. The minimum absolute atomic E-state index is 0.463. The highest BCUT2D eigenvalue weighted by Gasteiger charge is 2.08. The maximum Gasteiger partial charge on any atom is 0.146 e. The van der Waals surface area contributed by atoms with Crippen molar-refractivity contribution in [2.75, 3.05) is 14.1 Å². The Bertz CT molecular complexity index is 225. The van der Waals surface area contributed by atoms with Crippen molar-refractivity contribution in [3.63, 3.8) is 0 Å². The van der Waals surface area contributed by atoms with Gasteiger partial charge in [0.25, 0.3) is 0 Å². The van der Waals surface area contributed by atoms with E-state index in [4.69, 9.17) is 0 Å². The number of amidine groups is 1. The molecule has 0 aliphatic rings. The quantitative estimate of drug-likeness (QED) is 0.529. The summed E-state index contributed by atoms with van der Waals surface area (Å²) in [6, 6.07) is 0.463. The van der Waals surface area contributed by atoms with Crippen LogP contribution in [0.2, 0.25) is 0 Å². The van der Waals surface area contributed by atoms with Crippen LogP contribution in [0.4, 0.5) is 0 Å². The topological polar surface area (TPSA) is 36.8 Å². The molecule has 0 aromatic rings. The summed E-state index contributed by atoms with van der Waals surface area (Å²) in [5.74, 6) is 0.830. The molecular formula is C11H21N3. The molecule has 0 aromatic heterocycles. The maximum atomic E-state index is 4.17. The van der Waals surface area contributed by atoms with E-state index < -0.39 is 0 Å². The number of hydrogen-bond acceptors (Lipinski definition) is 2. The van der Waals surface area contributed by atoms with Crippen molar-refractivity contribution in [2.45, 2.75) is 32.7 Å². The molecule has 0 amide bonds. The Morgan fingerprint density at radius 1 is 1.29 bits per heavy atom. The van der Waals surface area contributed by atoms with Gasteiger partial charge < -0.3 is 5.32 Å². The SMILES string of the molecule is C=CC(=NC)C(=NC)NC(CC)CC. The van der Waals surface area contributed by atoms with E-state index in [9.17, 15) is 0 Å². The van der Waals surface area contributed by atoms with Gasteiger partial charge in [0.05, 0.1) is 5.71 Å². The van der Waals surface area contributed by atoms with Gasteiger partial charge >= 0.3 is 0 Å². The number of aliphatic imine (C=N–C) groups is 2. The Morgan fingerprint density at radius 2 is 1.86 bits per heavy atom. The summed E-state index contributed by atoms with van der Waals surface area (Å²) >= 11 is 0. The minimum Gasteiger partial charge on any atom is -0.366 e. The van der Waals surface area contributed by atoms with Gasteiger partial charge in [-0.3, -0.25) is 9.98 Å². The molecule has 0 bridgehead atoms. The van der Waals surface area contributed by atoms with E-state index in [1.165, 1.54) is 0 Å². The standard InChI is InChI=1S/C11H21N3/c1-6-9(7-2)14-11(13-5)10(8-3)12-4/h8-9H,3,6-7H2,1-2,4-5H3,(H,13,14). The van der Waals surface area contributed by atoms with Crippen LogP contribution in [0.5, 0.6) is 0 Å². The van der Waals surface area contributed by atoms with Crippen LogP contribution in [-0.4, -0.2) is 31.7 Å². The van der Waals surface area contributed by atoms with Gasteiger partial charge in [0, 0.05) is 20.1 Å². The molecule has 0 atom stereocenters. The van der Waals surface area contributed by atoms with Gasteiger partial charge in [0.15, 0.2) is 0 Å². The maximum absolute atomic E-state index is 4.17. The number of hydrogen-bond donors (Lipinski definition) is 1. The first-order valence-electron chi connectivity index (χ1n) is 5.06. The first-order valence-corrected chi connectivity index (χ1v) is 5.06. The summed E-state index contributed by atoms with van der Waals surface area (Å²) in [5, 5.41) is 3.35. The van der Waals surface area contributed by atoms with Gasteiger partial charge in [-0.05, 0) is 18.9 Å². The van der Waals surface area contributed by atoms with Gasteiger partial charge in [-0.1, -0.05) is 20.4 Å². The molecule has 3 heteroatoms. The number of nitrogens with zero attached hydrogens (tertiary/aromatic N) is 2. The minimum atomic E-state index is 0.463. The predicted octanol–water partition coefficient (Wildman–Crippen LogP) is 2.05. The molecule has 0 spiro atoms. The second kappa shape index (κ2) is 7.30. The lowest BCUT2D eigenvalue weighted by Crippen LogP contribution is -2.38. The highest BCUT2D eigenvalue weighted by molar-refractivity contribution is 6.45. The van der Waals surface area contributed by atoms with Crippen molar-refractivity contribution in [3.8, 4) is 0 Å². The van der Waals surface area contributed by atoms with E-state index in [2.05, 4.69) is 35.7 Å². The van der Waals surface area contributed by atoms with Crippen molar-refractivity contribution in [1.82, 2.24) is 5.32 Å². The monoisotopic (exact) mass is 195 g/mol. The number of nitrogens with one attached hydrogen (secondary N) is 1. The van der Waals surface area contributed by atoms with Crippen molar-refractivity contribution in [3.05, 3.63) is 12.7 Å². The van der Waals surface area contributed by atoms with Crippen LogP contribution in [-0.2, 0) is 0 Å².